The molecule has 1 saturated heterocycles. The average Bonchev–Trinajstić information content (AvgIpc) is 2.92. The van der Waals surface area contributed by atoms with Gasteiger partial charge >= 0.3 is 5.97 Å². The van der Waals surface area contributed by atoms with Gasteiger partial charge < -0.3 is 20.1 Å². The molecule has 0 aliphatic carbocycles. The number of nitrogens with zero attached hydrogens (tertiary/aromatic N) is 1. The molecule has 0 saturated carbocycles. The monoisotopic (exact) mass is 553 g/mol. The molecule has 3 rings (SSSR count). The first-order valence-corrected chi connectivity index (χ1v) is 14.5. The molecular weight excluding hydrogens is 506 g/mol. The van der Waals surface area contributed by atoms with Gasteiger partial charge in [-0.1, -0.05) is 71.9 Å². The summed E-state index contributed by atoms with van der Waals surface area (Å²) in [6.07, 6.45) is 3.13. The van der Waals surface area contributed by atoms with Gasteiger partial charge in [-0.15, -0.1) is 0 Å². The Labute approximate surface area is 238 Å². The van der Waals surface area contributed by atoms with Crippen LogP contribution in [0.4, 0.5) is 0 Å². The Morgan fingerprint density at radius 3 is 2.33 bits per heavy atom. The van der Waals surface area contributed by atoms with E-state index in [1.165, 1.54) is 6.92 Å². The van der Waals surface area contributed by atoms with Gasteiger partial charge in [0.15, 0.2) is 0 Å². The van der Waals surface area contributed by atoms with Gasteiger partial charge in [0.05, 0.1) is 23.1 Å². The van der Waals surface area contributed by atoms with Crippen molar-refractivity contribution in [2.24, 2.45) is 35.5 Å². The van der Waals surface area contributed by atoms with Gasteiger partial charge in [0, 0.05) is 29.8 Å². The number of rotatable bonds is 3. The second kappa shape index (κ2) is 12.5. The lowest BCUT2D eigenvalue weighted by Crippen LogP contribution is -2.56. The first kappa shape index (κ1) is 31.9. The highest BCUT2D eigenvalue weighted by atomic mass is 16.6. The van der Waals surface area contributed by atoms with Crippen molar-refractivity contribution in [2.75, 3.05) is 0 Å². The number of fused-ring (bicyclic) bond motifs is 1. The molecule has 1 aromatic heterocycles. The summed E-state index contributed by atoms with van der Waals surface area (Å²) in [6.45, 7) is 14.2. The number of cyclic esters (lactones) is 1. The van der Waals surface area contributed by atoms with Gasteiger partial charge in [0.1, 0.15) is 17.5 Å². The van der Waals surface area contributed by atoms with Crippen LogP contribution in [0.2, 0.25) is 0 Å². The van der Waals surface area contributed by atoms with Crippen molar-refractivity contribution in [3.63, 3.8) is 0 Å². The van der Waals surface area contributed by atoms with E-state index in [1.54, 1.807) is 40.0 Å². The van der Waals surface area contributed by atoms with Crippen LogP contribution in [0.3, 0.4) is 0 Å². The maximum absolute atomic E-state index is 13.4. The lowest BCUT2D eigenvalue weighted by atomic mass is 9.68. The van der Waals surface area contributed by atoms with Gasteiger partial charge in [-0.2, -0.15) is 0 Å². The largest absolute Gasteiger partial charge is 0.459 e. The summed E-state index contributed by atoms with van der Waals surface area (Å²) in [4.78, 5) is 31.3. The summed E-state index contributed by atoms with van der Waals surface area (Å²) in [6, 6.07) is 9.78. The van der Waals surface area contributed by atoms with Crippen molar-refractivity contribution >= 4 is 28.7 Å². The number of ether oxygens (including phenoxy) is 1. The van der Waals surface area contributed by atoms with E-state index in [9.17, 15) is 24.9 Å². The van der Waals surface area contributed by atoms with E-state index in [2.05, 4.69) is 4.98 Å². The molecule has 2 aromatic rings. The van der Waals surface area contributed by atoms with Crippen LogP contribution in [-0.4, -0.2) is 55.5 Å². The standard InChI is InChI=1S/C33H47NO6/c1-19-17-32(7,38)24(6)21(3)20(2)22(4)31(37)40-28(33(8,39)30(36)23(5)29(19)35)15-11-12-25-16-26-13-9-10-14-27(26)34-18-25/h9-14,16,18-24,28,30,36,38-39H,15,17H2,1-8H3/b12-11+. The maximum atomic E-state index is 13.4. The van der Waals surface area contributed by atoms with Crippen LogP contribution in [-0.2, 0) is 14.3 Å². The number of carbonyl (C=O) groups excluding carboxylic acids is 2. The Hall–Kier alpha value is -2.61. The minimum absolute atomic E-state index is 0.0509. The molecule has 7 nitrogen and oxygen atoms in total. The quantitative estimate of drug-likeness (QED) is 0.447. The minimum atomic E-state index is -1.91. The van der Waals surface area contributed by atoms with E-state index in [-0.39, 0.29) is 36.4 Å². The van der Waals surface area contributed by atoms with E-state index >= 15 is 0 Å². The number of para-hydroxylation sites is 1. The predicted octanol–water partition coefficient (Wildman–Crippen LogP) is 5.20. The number of hydrogen-bond donors (Lipinski definition) is 3. The summed E-state index contributed by atoms with van der Waals surface area (Å²) < 4.78 is 5.93. The summed E-state index contributed by atoms with van der Waals surface area (Å²) in [7, 11) is 0. The van der Waals surface area contributed by atoms with Crippen molar-refractivity contribution in [2.45, 2.75) is 91.6 Å². The lowest BCUT2D eigenvalue weighted by Gasteiger charge is -2.42. The Morgan fingerprint density at radius 2 is 1.65 bits per heavy atom. The zero-order valence-electron chi connectivity index (χ0n) is 25.2. The predicted molar refractivity (Wildman–Crippen MR) is 157 cm³/mol. The van der Waals surface area contributed by atoms with Crippen LogP contribution in [0.1, 0.15) is 73.8 Å². The maximum Gasteiger partial charge on any atom is 0.309 e. The topological polar surface area (TPSA) is 117 Å². The third-order valence-electron chi connectivity index (χ3n) is 9.67. The molecule has 10 atom stereocenters. The van der Waals surface area contributed by atoms with E-state index < -0.39 is 47.1 Å². The summed E-state index contributed by atoms with van der Waals surface area (Å²) in [5, 5.41) is 35.2. The van der Waals surface area contributed by atoms with Crippen LogP contribution in [0.25, 0.3) is 17.0 Å². The molecule has 1 fully saturated rings. The molecule has 0 radical (unpaired) electrons. The summed E-state index contributed by atoms with van der Waals surface area (Å²) in [5.41, 5.74) is -1.34. The molecule has 1 aromatic carbocycles. The van der Waals surface area contributed by atoms with Crippen molar-refractivity contribution in [1.29, 1.82) is 0 Å². The molecule has 40 heavy (non-hydrogen) atoms. The number of Topliss-reactive ketones (excluding diaryl/α,β-unsaturated/α-hetero) is 1. The van der Waals surface area contributed by atoms with Gasteiger partial charge in [0.25, 0.3) is 0 Å². The number of benzene rings is 1. The van der Waals surface area contributed by atoms with Crippen molar-refractivity contribution in [3.05, 3.63) is 48.2 Å². The number of aliphatic hydroxyl groups excluding tert-OH is 1. The Kier molecular flexibility index (Phi) is 9.97. The third kappa shape index (κ3) is 6.81. The number of aromatic nitrogens is 1. The van der Waals surface area contributed by atoms with E-state index in [1.807, 2.05) is 57.2 Å². The summed E-state index contributed by atoms with van der Waals surface area (Å²) >= 11 is 0. The molecule has 0 amide bonds. The highest BCUT2D eigenvalue weighted by molar-refractivity contribution is 5.83. The van der Waals surface area contributed by atoms with Gasteiger partial charge in [-0.25, -0.2) is 0 Å². The second-order valence-electron chi connectivity index (χ2n) is 12.6. The molecule has 1 aliphatic rings. The van der Waals surface area contributed by atoms with Crippen LogP contribution in [0.15, 0.2) is 42.6 Å². The first-order valence-electron chi connectivity index (χ1n) is 14.5. The van der Waals surface area contributed by atoms with Crippen LogP contribution >= 0.6 is 0 Å². The van der Waals surface area contributed by atoms with Gasteiger partial charge in [0.2, 0.25) is 0 Å². The first-order chi connectivity index (χ1) is 18.6. The molecule has 1 aliphatic heterocycles. The Balaban J connectivity index is 1.95. The SMILES string of the molecule is CC1CC(C)(O)C(C)C(C)C(C)C(C)C(=O)OC(C/C=C/c2cnc3ccccc3c2)C(C)(O)C(O)C(C)C1=O. The van der Waals surface area contributed by atoms with Gasteiger partial charge in [-0.05, 0) is 55.7 Å². The molecule has 220 valence electrons. The lowest BCUT2D eigenvalue weighted by molar-refractivity contribution is -0.191. The molecule has 0 bridgehead atoms. The van der Waals surface area contributed by atoms with Crippen LogP contribution < -0.4 is 0 Å². The molecule has 7 heteroatoms. The fraction of sp³-hybridized carbons (Fsp3) is 0.606. The summed E-state index contributed by atoms with van der Waals surface area (Å²) in [5.74, 6) is -3.14. The van der Waals surface area contributed by atoms with Crippen molar-refractivity contribution in [3.8, 4) is 0 Å². The molecule has 3 N–H and O–H groups in total. The van der Waals surface area contributed by atoms with Crippen LogP contribution in [0, 0.1) is 35.5 Å². The molecule has 10 unspecified atom stereocenters. The number of pyridine rings is 1. The van der Waals surface area contributed by atoms with Gasteiger partial charge in [-0.3, -0.25) is 14.6 Å². The Bertz CT molecular complexity index is 1220. The van der Waals surface area contributed by atoms with Crippen molar-refractivity contribution in [1.82, 2.24) is 4.98 Å². The number of aliphatic hydroxyl groups is 3. The molecular formula is C33H47NO6. The minimum Gasteiger partial charge on any atom is -0.459 e. The molecule has 0 spiro atoms. The smallest absolute Gasteiger partial charge is 0.309 e. The Morgan fingerprint density at radius 1 is 1.00 bits per heavy atom. The van der Waals surface area contributed by atoms with E-state index in [4.69, 9.17) is 4.74 Å². The number of ketones is 1. The van der Waals surface area contributed by atoms with Crippen LogP contribution in [0.5, 0.6) is 0 Å². The van der Waals surface area contributed by atoms with E-state index in [0.717, 1.165) is 16.5 Å². The van der Waals surface area contributed by atoms with Crippen molar-refractivity contribution < 1.29 is 29.6 Å². The number of esters is 1. The fourth-order valence-corrected chi connectivity index (χ4v) is 6.06. The number of hydrogen-bond acceptors (Lipinski definition) is 7. The highest BCUT2D eigenvalue weighted by Gasteiger charge is 2.48. The third-order valence-corrected chi connectivity index (χ3v) is 9.67. The highest BCUT2D eigenvalue weighted by Crippen LogP contribution is 2.39. The average molecular weight is 554 g/mol. The zero-order chi connectivity index (χ0) is 30.0. The molecule has 2 heterocycles. The zero-order valence-corrected chi connectivity index (χ0v) is 25.2. The fourth-order valence-electron chi connectivity index (χ4n) is 6.06. The normalized spacial score (nSPS) is 38.8. The second-order valence-corrected chi connectivity index (χ2v) is 12.6. The van der Waals surface area contributed by atoms with E-state index in [0.29, 0.717) is 0 Å². The number of carbonyl (C=O) groups is 2.